The zero-order valence-corrected chi connectivity index (χ0v) is 13.1. The van der Waals surface area contributed by atoms with Crippen LogP contribution in [0, 0.1) is 0 Å². The molecule has 2 heterocycles. The summed E-state index contributed by atoms with van der Waals surface area (Å²) in [4.78, 5) is 12.8. The highest BCUT2D eigenvalue weighted by atomic mass is 32.2. The summed E-state index contributed by atoms with van der Waals surface area (Å²) in [5.41, 5.74) is 0.765. The number of benzene rings is 1. The first-order valence-electron chi connectivity index (χ1n) is 6.46. The van der Waals surface area contributed by atoms with Gasteiger partial charge in [0.15, 0.2) is 5.82 Å². The van der Waals surface area contributed by atoms with Crippen LogP contribution in [0.25, 0.3) is 10.7 Å². The first-order valence-corrected chi connectivity index (χ1v) is 8.32. The molecule has 1 aromatic carbocycles. The number of amides is 1. The Kier molecular flexibility index (Phi) is 4.40. The topological polar surface area (TPSA) is 85.8 Å². The van der Waals surface area contributed by atoms with E-state index >= 15 is 0 Å². The Balaban J connectivity index is 1.61. The summed E-state index contributed by atoms with van der Waals surface area (Å²) in [7, 11) is 0. The summed E-state index contributed by atoms with van der Waals surface area (Å²) in [6, 6.07) is 13.2. The number of nitrogens with zero attached hydrogens (tertiary/aromatic N) is 3. The minimum Gasteiger partial charge on any atom is -0.335 e. The van der Waals surface area contributed by atoms with E-state index in [4.69, 9.17) is 5.84 Å². The van der Waals surface area contributed by atoms with Crippen molar-refractivity contribution in [1.82, 2.24) is 14.9 Å². The molecule has 3 N–H and O–H groups in total. The van der Waals surface area contributed by atoms with Gasteiger partial charge in [-0.05, 0) is 23.6 Å². The van der Waals surface area contributed by atoms with Crippen LogP contribution in [0.2, 0.25) is 0 Å². The normalized spacial score (nSPS) is 10.5. The van der Waals surface area contributed by atoms with Gasteiger partial charge in [0.25, 0.3) is 0 Å². The first-order chi connectivity index (χ1) is 10.7. The predicted molar refractivity (Wildman–Crippen MR) is 89.3 cm³/mol. The van der Waals surface area contributed by atoms with Gasteiger partial charge in [-0.25, -0.2) is 4.68 Å². The summed E-state index contributed by atoms with van der Waals surface area (Å²) in [5, 5.41) is 13.4. The quantitative estimate of drug-likeness (QED) is 0.554. The number of rotatable bonds is 5. The molecule has 1 amide bonds. The summed E-state index contributed by atoms with van der Waals surface area (Å²) in [6.07, 6.45) is 0. The Morgan fingerprint density at radius 2 is 2.05 bits per heavy atom. The standard InChI is InChI=1S/C14H13N5OS2/c15-19-13(11-7-4-8-21-11)17-18-14(19)22-9-12(20)16-10-5-2-1-3-6-10/h1-8H,9,15H2,(H,16,20). The zero-order chi connectivity index (χ0) is 15.4. The van der Waals surface area contributed by atoms with Gasteiger partial charge in [-0.15, -0.1) is 21.5 Å². The minimum atomic E-state index is -0.114. The van der Waals surface area contributed by atoms with E-state index in [0.29, 0.717) is 11.0 Å². The number of thiophene rings is 1. The summed E-state index contributed by atoms with van der Waals surface area (Å²) >= 11 is 2.79. The van der Waals surface area contributed by atoms with Crippen molar-refractivity contribution >= 4 is 34.7 Å². The molecular weight excluding hydrogens is 318 g/mol. The van der Waals surface area contributed by atoms with Gasteiger partial charge >= 0.3 is 0 Å². The average molecular weight is 331 g/mol. The van der Waals surface area contributed by atoms with Crippen molar-refractivity contribution in [3.8, 4) is 10.7 Å². The van der Waals surface area contributed by atoms with Crippen LogP contribution in [0.5, 0.6) is 0 Å². The van der Waals surface area contributed by atoms with Gasteiger partial charge in [0.2, 0.25) is 11.1 Å². The highest BCUT2D eigenvalue weighted by Gasteiger charge is 2.14. The lowest BCUT2D eigenvalue weighted by molar-refractivity contribution is -0.113. The van der Waals surface area contributed by atoms with Crippen LogP contribution in [0.1, 0.15) is 0 Å². The Morgan fingerprint density at radius 3 is 2.77 bits per heavy atom. The molecule has 0 radical (unpaired) electrons. The van der Waals surface area contributed by atoms with E-state index in [1.54, 1.807) is 0 Å². The molecule has 0 unspecified atom stereocenters. The minimum absolute atomic E-state index is 0.114. The number of thioether (sulfide) groups is 1. The molecule has 3 aromatic rings. The van der Waals surface area contributed by atoms with E-state index in [0.717, 1.165) is 10.6 Å². The van der Waals surface area contributed by atoms with Crippen LogP contribution >= 0.6 is 23.1 Å². The summed E-state index contributed by atoms with van der Waals surface area (Å²) in [6.45, 7) is 0. The fraction of sp³-hybridized carbons (Fsp3) is 0.0714. The Morgan fingerprint density at radius 1 is 1.23 bits per heavy atom. The molecule has 0 saturated carbocycles. The number of carbonyl (C=O) groups excluding carboxylic acids is 1. The van der Waals surface area contributed by atoms with E-state index in [2.05, 4.69) is 15.5 Å². The van der Waals surface area contributed by atoms with Crippen molar-refractivity contribution in [3.63, 3.8) is 0 Å². The van der Waals surface area contributed by atoms with Gasteiger partial charge in [0.1, 0.15) is 0 Å². The van der Waals surface area contributed by atoms with Gasteiger partial charge in [-0.3, -0.25) is 4.79 Å². The molecule has 2 aromatic heterocycles. The van der Waals surface area contributed by atoms with E-state index in [9.17, 15) is 4.79 Å². The second-order valence-electron chi connectivity index (χ2n) is 4.36. The number of nitrogen functional groups attached to an aromatic ring is 1. The van der Waals surface area contributed by atoms with Crippen molar-refractivity contribution in [3.05, 3.63) is 47.8 Å². The maximum absolute atomic E-state index is 11.9. The molecule has 22 heavy (non-hydrogen) atoms. The number of nitrogens with two attached hydrogens (primary N) is 1. The first kappa shape index (κ1) is 14.6. The molecule has 0 saturated heterocycles. The van der Waals surface area contributed by atoms with Crippen LogP contribution in [-0.4, -0.2) is 26.5 Å². The van der Waals surface area contributed by atoms with E-state index in [1.807, 2.05) is 47.8 Å². The fourth-order valence-corrected chi connectivity index (χ4v) is 3.16. The third kappa shape index (κ3) is 3.29. The molecule has 0 spiro atoms. The van der Waals surface area contributed by atoms with Crippen molar-refractivity contribution in [1.29, 1.82) is 0 Å². The number of nitrogens with one attached hydrogen (secondary N) is 1. The summed E-state index contributed by atoms with van der Waals surface area (Å²) < 4.78 is 1.41. The maximum Gasteiger partial charge on any atom is 0.234 e. The van der Waals surface area contributed by atoms with Crippen molar-refractivity contribution in [2.24, 2.45) is 0 Å². The number of hydrogen-bond donors (Lipinski definition) is 2. The molecule has 8 heteroatoms. The maximum atomic E-state index is 11.9. The van der Waals surface area contributed by atoms with E-state index in [1.165, 1.54) is 27.8 Å². The molecule has 112 valence electrons. The highest BCUT2D eigenvalue weighted by molar-refractivity contribution is 7.99. The Bertz CT molecular complexity index is 755. The van der Waals surface area contributed by atoms with Crippen LogP contribution < -0.4 is 11.2 Å². The largest absolute Gasteiger partial charge is 0.335 e. The van der Waals surface area contributed by atoms with Crippen LogP contribution in [0.4, 0.5) is 5.69 Å². The Hall–Kier alpha value is -2.32. The lowest BCUT2D eigenvalue weighted by Crippen LogP contribution is -2.16. The van der Waals surface area contributed by atoms with E-state index < -0.39 is 0 Å². The molecular formula is C14H13N5OS2. The molecule has 0 aliphatic rings. The fourth-order valence-electron chi connectivity index (χ4n) is 1.80. The third-order valence-electron chi connectivity index (χ3n) is 2.80. The van der Waals surface area contributed by atoms with Crippen LogP contribution in [0.3, 0.4) is 0 Å². The highest BCUT2D eigenvalue weighted by Crippen LogP contribution is 2.25. The van der Waals surface area contributed by atoms with Crippen LogP contribution in [-0.2, 0) is 4.79 Å². The second kappa shape index (κ2) is 6.63. The smallest absolute Gasteiger partial charge is 0.234 e. The SMILES string of the molecule is Nn1c(SCC(=O)Nc2ccccc2)nnc1-c1cccs1. The molecule has 0 aliphatic carbocycles. The third-order valence-corrected chi connectivity index (χ3v) is 4.60. The zero-order valence-electron chi connectivity index (χ0n) is 11.5. The number of para-hydroxylation sites is 1. The van der Waals surface area contributed by atoms with Gasteiger partial charge in [-0.1, -0.05) is 36.0 Å². The van der Waals surface area contributed by atoms with Gasteiger partial charge in [-0.2, -0.15) is 0 Å². The number of hydrogen-bond acceptors (Lipinski definition) is 6. The van der Waals surface area contributed by atoms with E-state index in [-0.39, 0.29) is 11.7 Å². The second-order valence-corrected chi connectivity index (χ2v) is 6.25. The molecule has 0 aliphatic heterocycles. The van der Waals surface area contributed by atoms with Gasteiger partial charge in [0, 0.05) is 5.69 Å². The monoisotopic (exact) mass is 331 g/mol. The lowest BCUT2D eigenvalue weighted by Gasteiger charge is -2.04. The molecule has 3 rings (SSSR count). The van der Waals surface area contributed by atoms with Crippen LogP contribution in [0.15, 0.2) is 53.0 Å². The Labute approximate surface area is 135 Å². The number of anilines is 1. The van der Waals surface area contributed by atoms with Gasteiger partial charge < -0.3 is 11.2 Å². The molecule has 0 fully saturated rings. The molecule has 0 atom stereocenters. The van der Waals surface area contributed by atoms with Gasteiger partial charge in [0.05, 0.1) is 10.6 Å². The summed E-state index contributed by atoms with van der Waals surface area (Å²) in [5.74, 6) is 6.68. The predicted octanol–water partition coefficient (Wildman–Crippen LogP) is 2.45. The van der Waals surface area contributed by atoms with Crippen molar-refractivity contribution < 1.29 is 4.79 Å². The number of carbonyl (C=O) groups is 1. The van der Waals surface area contributed by atoms with Crippen molar-refractivity contribution in [2.45, 2.75) is 5.16 Å². The molecule has 0 bridgehead atoms. The lowest BCUT2D eigenvalue weighted by atomic mass is 10.3. The number of aromatic nitrogens is 3. The molecule has 6 nitrogen and oxygen atoms in total. The van der Waals surface area contributed by atoms with Crippen molar-refractivity contribution in [2.75, 3.05) is 16.9 Å². The average Bonchev–Trinajstić information content (AvgIpc) is 3.16.